The van der Waals surface area contributed by atoms with Gasteiger partial charge >= 0.3 is 0 Å². The Balaban J connectivity index is 1.84. The van der Waals surface area contributed by atoms with Gasteiger partial charge in [0.05, 0.1) is 11.8 Å². The first-order chi connectivity index (χ1) is 11.1. The number of halogens is 1. The zero-order chi connectivity index (χ0) is 16.0. The molecule has 0 amide bonds. The summed E-state index contributed by atoms with van der Waals surface area (Å²) in [6.07, 6.45) is 3.47. The van der Waals surface area contributed by atoms with Crippen LogP contribution in [0.15, 0.2) is 47.5 Å². The molecule has 1 heterocycles. The van der Waals surface area contributed by atoms with E-state index >= 15 is 0 Å². The molecule has 0 spiro atoms. The summed E-state index contributed by atoms with van der Waals surface area (Å²) >= 11 is 6.11. The Morgan fingerprint density at radius 1 is 1.17 bits per heavy atom. The van der Waals surface area contributed by atoms with Crippen molar-refractivity contribution in [1.29, 1.82) is 0 Å². The molecule has 5 heteroatoms. The molecule has 1 atom stereocenters. The van der Waals surface area contributed by atoms with Crippen LogP contribution in [0.4, 0.5) is 5.69 Å². The maximum Gasteiger partial charge on any atom is 0.178 e. The van der Waals surface area contributed by atoms with E-state index in [1.165, 1.54) is 6.42 Å². The largest absolute Gasteiger partial charge is 0.490 e. The highest BCUT2D eigenvalue weighted by Crippen LogP contribution is 2.46. The average Bonchev–Trinajstić information content (AvgIpc) is 2.76. The van der Waals surface area contributed by atoms with E-state index in [4.69, 9.17) is 22.1 Å². The number of aliphatic hydroxyl groups is 1. The van der Waals surface area contributed by atoms with Crippen molar-refractivity contribution >= 4 is 23.1 Å². The molecule has 3 N–H and O–H groups in total. The van der Waals surface area contributed by atoms with Gasteiger partial charge in [-0.1, -0.05) is 29.8 Å². The number of nitrogens with two attached hydrogens (primary N) is 1. The summed E-state index contributed by atoms with van der Waals surface area (Å²) in [5.74, 6) is 0.783. The van der Waals surface area contributed by atoms with E-state index in [0.717, 1.165) is 12.8 Å². The zero-order valence-corrected chi connectivity index (χ0v) is 13.3. The van der Waals surface area contributed by atoms with E-state index in [9.17, 15) is 5.11 Å². The fourth-order valence-corrected chi connectivity index (χ4v) is 3.24. The first kappa shape index (κ1) is 14.5. The molecule has 0 aromatic heterocycles. The first-order valence-corrected chi connectivity index (χ1v) is 8.10. The second kappa shape index (κ2) is 5.25. The lowest BCUT2D eigenvalue weighted by Crippen LogP contribution is -2.40. The van der Waals surface area contributed by atoms with Crippen molar-refractivity contribution in [3.63, 3.8) is 0 Å². The third-order valence-electron chi connectivity index (χ3n) is 4.58. The van der Waals surface area contributed by atoms with E-state index < -0.39 is 5.60 Å². The van der Waals surface area contributed by atoms with Crippen molar-refractivity contribution in [2.45, 2.75) is 31.0 Å². The van der Waals surface area contributed by atoms with Crippen molar-refractivity contribution in [3.8, 4) is 5.75 Å². The number of fused-ring (bicyclic) bond motifs is 1. The molecule has 118 valence electrons. The summed E-state index contributed by atoms with van der Waals surface area (Å²) in [6.45, 7) is 0. The normalized spacial score (nSPS) is 23.1. The zero-order valence-electron chi connectivity index (χ0n) is 12.5. The van der Waals surface area contributed by atoms with Crippen LogP contribution in [0.3, 0.4) is 0 Å². The van der Waals surface area contributed by atoms with Gasteiger partial charge in [-0.3, -0.25) is 0 Å². The van der Waals surface area contributed by atoms with Gasteiger partial charge in [-0.15, -0.1) is 0 Å². The summed E-state index contributed by atoms with van der Waals surface area (Å²) in [5, 5.41) is 11.9. The molecule has 23 heavy (non-hydrogen) atoms. The molecule has 1 fully saturated rings. The molecular formula is C18H17ClN2O2. The minimum Gasteiger partial charge on any atom is -0.490 e. The summed E-state index contributed by atoms with van der Waals surface area (Å²) in [6, 6.07) is 12.6. The van der Waals surface area contributed by atoms with E-state index in [0.29, 0.717) is 27.6 Å². The van der Waals surface area contributed by atoms with Crippen LogP contribution < -0.4 is 10.5 Å². The monoisotopic (exact) mass is 328 g/mol. The van der Waals surface area contributed by atoms with Crippen molar-refractivity contribution in [2.75, 3.05) is 0 Å². The van der Waals surface area contributed by atoms with E-state index in [-0.39, 0.29) is 11.9 Å². The first-order valence-electron chi connectivity index (χ1n) is 7.72. The molecular weight excluding hydrogens is 312 g/mol. The second-order valence-corrected chi connectivity index (χ2v) is 6.47. The number of rotatable bonds is 3. The van der Waals surface area contributed by atoms with Crippen LogP contribution in [0, 0.1) is 0 Å². The maximum atomic E-state index is 11.4. The molecule has 1 saturated carbocycles. The molecule has 0 radical (unpaired) electrons. The number of ether oxygens (including phenoxy) is 1. The topological polar surface area (TPSA) is 67.8 Å². The number of hydrogen-bond acceptors (Lipinski definition) is 4. The molecule has 4 nitrogen and oxygen atoms in total. The van der Waals surface area contributed by atoms with Crippen LogP contribution in [-0.2, 0) is 5.60 Å². The van der Waals surface area contributed by atoms with E-state index in [1.54, 1.807) is 18.2 Å². The van der Waals surface area contributed by atoms with Crippen LogP contribution in [0.1, 0.15) is 30.4 Å². The summed E-state index contributed by atoms with van der Waals surface area (Å²) < 4.78 is 6.05. The van der Waals surface area contributed by atoms with Gasteiger partial charge in [0, 0.05) is 16.1 Å². The Hall–Kier alpha value is -2.04. The highest BCUT2D eigenvalue weighted by atomic mass is 35.5. The maximum absolute atomic E-state index is 11.4. The van der Waals surface area contributed by atoms with Crippen LogP contribution in [0.2, 0.25) is 5.02 Å². The highest BCUT2D eigenvalue weighted by molar-refractivity contribution is 6.30. The quantitative estimate of drug-likeness (QED) is 0.906. The van der Waals surface area contributed by atoms with Crippen molar-refractivity contribution in [1.82, 2.24) is 0 Å². The predicted octanol–water partition coefficient (Wildman–Crippen LogP) is 3.51. The number of aliphatic imine (C=N–C) groups is 1. The number of benzene rings is 2. The summed E-state index contributed by atoms with van der Waals surface area (Å²) in [5.41, 5.74) is 6.41. The fraction of sp³-hybridized carbons (Fsp3) is 0.278. The van der Waals surface area contributed by atoms with Crippen LogP contribution >= 0.6 is 11.6 Å². The van der Waals surface area contributed by atoms with Crippen molar-refractivity contribution in [2.24, 2.45) is 10.7 Å². The molecule has 2 aromatic carbocycles. The minimum atomic E-state index is -1.51. The SMILES string of the molecule is NC1=Nc2ccc(Cl)cc2C1(O)c1ccccc1OC1CCC1. The third kappa shape index (κ3) is 2.21. The van der Waals surface area contributed by atoms with Crippen molar-refractivity contribution in [3.05, 3.63) is 58.6 Å². The molecule has 1 aliphatic carbocycles. The smallest absolute Gasteiger partial charge is 0.178 e. The summed E-state index contributed by atoms with van der Waals surface area (Å²) in [7, 11) is 0. The van der Waals surface area contributed by atoms with Gasteiger partial charge < -0.3 is 15.6 Å². The van der Waals surface area contributed by atoms with Gasteiger partial charge in [-0.25, -0.2) is 4.99 Å². The molecule has 4 rings (SSSR count). The van der Waals surface area contributed by atoms with Crippen LogP contribution in [0.5, 0.6) is 5.75 Å². The van der Waals surface area contributed by atoms with Gasteiger partial charge in [0.2, 0.25) is 0 Å². The average molecular weight is 329 g/mol. The Labute approximate surface area is 139 Å². The van der Waals surface area contributed by atoms with Crippen molar-refractivity contribution < 1.29 is 9.84 Å². The lowest BCUT2D eigenvalue weighted by Gasteiger charge is -2.31. The molecule has 2 aromatic rings. The van der Waals surface area contributed by atoms with E-state index in [1.807, 2.05) is 24.3 Å². The number of para-hydroxylation sites is 1. The Morgan fingerprint density at radius 3 is 2.70 bits per heavy atom. The number of amidine groups is 1. The Morgan fingerprint density at radius 2 is 1.96 bits per heavy atom. The van der Waals surface area contributed by atoms with Gasteiger partial charge in [-0.05, 0) is 43.5 Å². The summed E-state index contributed by atoms with van der Waals surface area (Å²) in [4.78, 5) is 4.31. The van der Waals surface area contributed by atoms with Gasteiger partial charge in [-0.2, -0.15) is 0 Å². The lowest BCUT2D eigenvalue weighted by molar-refractivity contribution is 0.106. The minimum absolute atomic E-state index is 0.138. The second-order valence-electron chi connectivity index (χ2n) is 6.04. The van der Waals surface area contributed by atoms with E-state index in [2.05, 4.69) is 4.99 Å². The number of hydrogen-bond donors (Lipinski definition) is 2. The fourth-order valence-electron chi connectivity index (χ4n) is 3.06. The molecule has 2 aliphatic rings. The standard InChI is InChI=1S/C18H17ClN2O2/c19-11-8-9-15-14(10-11)18(22,17(20)21-15)13-6-1-2-7-16(13)23-12-4-3-5-12/h1-2,6-10,12,22H,3-5H2,(H2,20,21). The Bertz CT molecular complexity index is 801. The van der Waals surface area contributed by atoms with Gasteiger partial charge in [0.25, 0.3) is 0 Å². The Kier molecular flexibility index (Phi) is 3.32. The van der Waals surface area contributed by atoms with Crippen LogP contribution in [-0.4, -0.2) is 17.0 Å². The predicted molar refractivity (Wildman–Crippen MR) is 90.4 cm³/mol. The lowest BCUT2D eigenvalue weighted by atomic mass is 9.85. The third-order valence-corrected chi connectivity index (χ3v) is 4.82. The number of nitrogens with zero attached hydrogens (tertiary/aromatic N) is 1. The molecule has 1 unspecified atom stereocenters. The molecule has 1 aliphatic heterocycles. The highest BCUT2D eigenvalue weighted by Gasteiger charge is 2.44. The van der Waals surface area contributed by atoms with Crippen LogP contribution in [0.25, 0.3) is 0 Å². The molecule has 0 bridgehead atoms. The van der Waals surface area contributed by atoms with Gasteiger partial charge in [0.15, 0.2) is 5.60 Å². The van der Waals surface area contributed by atoms with Gasteiger partial charge in [0.1, 0.15) is 11.6 Å². The molecule has 0 saturated heterocycles.